The van der Waals surface area contributed by atoms with Crippen LogP contribution in [0, 0.1) is 0 Å². The number of benzene rings is 1. The molecule has 2 rings (SSSR count). The van der Waals surface area contributed by atoms with Crippen molar-refractivity contribution in [3.05, 3.63) is 29.8 Å². The van der Waals surface area contributed by atoms with E-state index in [4.69, 9.17) is 9.47 Å². The van der Waals surface area contributed by atoms with Crippen LogP contribution < -0.4 is 10.1 Å². The molecule has 1 aliphatic rings. The van der Waals surface area contributed by atoms with Crippen LogP contribution >= 0.6 is 0 Å². The van der Waals surface area contributed by atoms with Gasteiger partial charge in [-0.2, -0.15) is 0 Å². The Bertz CT molecular complexity index is 388. The van der Waals surface area contributed by atoms with Crippen molar-refractivity contribution in [2.45, 2.75) is 44.7 Å². The van der Waals surface area contributed by atoms with Gasteiger partial charge < -0.3 is 14.8 Å². The third-order valence-corrected chi connectivity index (χ3v) is 3.80. The molecule has 0 saturated heterocycles. The van der Waals surface area contributed by atoms with Crippen LogP contribution in [0.3, 0.4) is 0 Å². The quantitative estimate of drug-likeness (QED) is 0.820. The topological polar surface area (TPSA) is 30.5 Å². The second-order valence-corrected chi connectivity index (χ2v) is 5.37. The molecule has 0 radical (unpaired) electrons. The van der Waals surface area contributed by atoms with Crippen LogP contribution in [-0.2, 0) is 4.74 Å². The van der Waals surface area contributed by atoms with Gasteiger partial charge in [0.05, 0.1) is 13.7 Å². The molecular formula is C16H25NO2. The minimum atomic E-state index is 0.441. The molecule has 1 fully saturated rings. The van der Waals surface area contributed by atoms with Crippen molar-refractivity contribution in [2.75, 3.05) is 20.3 Å². The van der Waals surface area contributed by atoms with E-state index in [9.17, 15) is 0 Å². The lowest BCUT2D eigenvalue weighted by atomic mass is 9.75. The van der Waals surface area contributed by atoms with Gasteiger partial charge in [0.1, 0.15) is 5.75 Å². The molecule has 0 spiro atoms. The number of methoxy groups -OCH3 is 1. The Balaban J connectivity index is 1.76. The van der Waals surface area contributed by atoms with Gasteiger partial charge in [-0.25, -0.2) is 0 Å². The van der Waals surface area contributed by atoms with Gasteiger partial charge in [0, 0.05) is 18.7 Å². The number of rotatable bonds is 7. The molecule has 1 atom stereocenters. The largest absolute Gasteiger partial charge is 0.497 e. The number of ether oxygens (including phenoxy) is 2. The first-order valence-corrected chi connectivity index (χ1v) is 7.20. The van der Waals surface area contributed by atoms with Crippen molar-refractivity contribution in [1.82, 2.24) is 5.32 Å². The fraction of sp³-hybridized carbons (Fsp3) is 0.625. The lowest BCUT2D eigenvalue weighted by Crippen LogP contribution is -2.46. The summed E-state index contributed by atoms with van der Waals surface area (Å²) in [6.45, 7) is 5.82. The average molecular weight is 263 g/mol. The first kappa shape index (κ1) is 14.4. The van der Waals surface area contributed by atoms with Crippen LogP contribution in [0.4, 0.5) is 0 Å². The first-order chi connectivity index (χ1) is 9.22. The molecule has 19 heavy (non-hydrogen) atoms. The lowest BCUT2D eigenvalue weighted by Gasteiger charge is -2.38. The van der Waals surface area contributed by atoms with Gasteiger partial charge in [-0.3, -0.25) is 0 Å². The SMILES string of the molecule is CCOCC(C)NC1CC(c2cccc(OC)c2)C1. The average Bonchev–Trinajstić information content (AvgIpc) is 2.40. The standard InChI is InChI=1S/C16H25NO2/c1-4-19-11-12(2)17-15-8-14(9-15)13-6-5-7-16(10-13)18-3/h5-7,10,12,14-15,17H,4,8-9,11H2,1-3H3. The van der Waals surface area contributed by atoms with Crippen LogP contribution in [0.1, 0.15) is 38.2 Å². The van der Waals surface area contributed by atoms with Crippen molar-refractivity contribution in [2.24, 2.45) is 0 Å². The molecule has 3 heteroatoms. The van der Waals surface area contributed by atoms with Gasteiger partial charge in [0.25, 0.3) is 0 Å². The molecule has 0 bridgehead atoms. The molecule has 0 amide bonds. The zero-order valence-electron chi connectivity index (χ0n) is 12.2. The Morgan fingerprint density at radius 1 is 1.37 bits per heavy atom. The summed E-state index contributed by atoms with van der Waals surface area (Å²) >= 11 is 0. The maximum atomic E-state index is 5.43. The van der Waals surface area contributed by atoms with E-state index >= 15 is 0 Å². The van der Waals surface area contributed by atoms with E-state index in [1.54, 1.807) is 7.11 Å². The van der Waals surface area contributed by atoms with Crippen molar-refractivity contribution in [3.8, 4) is 5.75 Å². The van der Waals surface area contributed by atoms with Crippen molar-refractivity contribution in [1.29, 1.82) is 0 Å². The van der Waals surface area contributed by atoms with E-state index in [0.29, 0.717) is 18.0 Å². The van der Waals surface area contributed by atoms with E-state index in [-0.39, 0.29) is 0 Å². The molecule has 1 unspecified atom stereocenters. The molecule has 1 N–H and O–H groups in total. The smallest absolute Gasteiger partial charge is 0.119 e. The molecule has 1 aromatic carbocycles. The van der Waals surface area contributed by atoms with E-state index in [1.807, 2.05) is 13.0 Å². The Hall–Kier alpha value is -1.06. The third kappa shape index (κ3) is 3.95. The fourth-order valence-corrected chi connectivity index (χ4v) is 2.67. The van der Waals surface area contributed by atoms with Crippen LogP contribution in [-0.4, -0.2) is 32.4 Å². The number of hydrogen-bond donors (Lipinski definition) is 1. The zero-order chi connectivity index (χ0) is 13.7. The Morgan fingerprint density at radius 2 is 2.16 bits per heavy atom. The van der Waals surface area contributed by atoms with Gasteiger partial charge in [-0.15, -0.1) is 0 Å². The van der Waals surface area contributed by atoms with Crippen molar-refractivity contribution >= 4 is 0 Å². The zero-order valence-corrected chi connectivity index (χ0v) is 12.2. The van der Waals surface area contributed by atoms with Crippen molar-refractivity contribution in [3.63, 3.8) is 0 Å². The van der Waals surface area contributed by atoms with Gasteiger partial charge in [-0.1, -0.05) is 12.1 Å². The molecule has 0 aromatic heterocycles. The van der Waals surface area contributed by atoms with E-state index < -0.39 is 0 Å². The summed E-state index contributed by atoms with van der Waals surface area (Å²) in [5.74, 6) is 1.63. The summed E-state index contributed by atoms with van der Waals surface area (Å²) in [5.41, 5.74) is 1.40. The molecule has 1 saturated carbocycles. The number of nitrogens with one attached hydrogen (secondary N) is 1. The highest BCUT2D eigenvalue weighted by atomic mass is 16.5. The summed E-state index contributed by atoms with van der Waals surface area (Å²) in [6, 6.07) is 9.51. The predicted octanol–water partition coefficient (Wildman–Crippen LogP) is 2.96. The van der Waals surface area contributed by atoms with Crippen molar-refractivity contribution < 1.29 is 9.47 Å². The van der Waals surface area contributed by atoms with Gasteiger partial charge in [-0.05, 0) is 50.3 Å². The highest BCUT2D eigenvalue weighted by Crippen LogP contribution is 2.38. The van der Waals surface area contributed by atoms with E-state index in [2.05, 4.69) is 30.4 Å². The summed E-state index contributed by atoms with van der Waals surface area (Å²) in [5, 5.41) is 3.62. The second-order valence-electron chi connectivity index (χ2n) is 5.37. The Labute approximate surface area is 116 Å². The van der Waals surface area contributed by atoms with Gasteiger partial charge in [0.2, 0.25) is 0 Å². The van der Waals surface area contributed by atoms with Crippen LogP contribution in [0.25, 0.3) is 0 Å². The summed E-state index contributed by atoms with van der Waals surface area (Å²) < 4.78 is 10.7. The molecule has 3 nitrogen and oxygen atoms in total. The summed E-state index contributed by atoms with van der Waals surface area (Å²) in [4.78, 5) is 0. The van der Waals surface area contributed by atoms with E-state index in [1.165, 1.54) is 18.4 Å². The molecule has 1 aromatic rings. The maximum absolute atomic E-state index is 5.43. The molecular weight excluding hydrogens is 238 g/mol. The Morgan fingerprint density at radius 3 is 2.84 bits per heavy atom. The third-order valence-electron chi connectivity index (χ3n) is 3.80. The number of hydrogen-bond acceptors (Lipinski definition) is 3. The predicted molar refractivity (Wildman–Crippen MR) is 77.8 cm³/mol. The lowest BCUT2D eigenvalue weighted by molar-refractivity contribution is 0.115. The minimum Gasteiger partial charge on any atom is -0.497 e. The fourth-order valence-electron chi connectivity index (χ4n) is 2.67. The Kier molecular flexibility index (Phi) is 5.23. The monoisotopic (exact) mass is 263 g/mol. The van der Waals surface area contributed by atoms with Crippen LogP contribution in [0.5, 0.6) is 5.75 Å². The molecule has 106 valence electrons. The minimum absolute atomic E-state index is 0.441. The van der Waals surface area contributed by atoms with Gasteiger partial charge >= 0.3 is 0 Å². The first-order valence-electron chi connectivity index (χ1n) is 7.20. The van der Waals surface area contributed by atoms with Crippen LogP contribution in [0.15, 0.2) is 24.3 Å². The highest BCUT2D eigenvalue weighted by Gasteiger charge is 2.30. The normalized spacial score (nSPS) is 23.7. The maximum Gasteiger partial charge on any atom is 0.119 e. The molecule has 0 heterocycles. The second kappa shape index (κ2) is 6.92. The molecule has 0 aliphatic heterocycles. The highest BCUT2D eigenvalue weighted by molar-refractivity contribution is 5.32. The molecule has 1 aliphatic carbocycles. The summed E-state index contributed by atoms with van der Waals surface area (Å²) in [7, 11) is 1.72. The van der Waals surface area contributed by atoms with E-state index in [0.717, 1.165) is 19.0 Å². The van der Waals surface area contributed by atoms with Gasteiger partial charge in [0.15, 0.2) is 0 Å². The van der Waals surface area contributed by atoms with Crippen LogP contribution in [0.2, 0.25) is 0 Å². The summed E-state index contributed by atoms with van der Waals surface area (Å²) in [6.07, 6.45) is 2.42.